The van der Waals surface area contributed by atoms with Gasteiger partial charge in [-0.3, -0.25) is 4.79 Å². The highest BCUT2D eigenvalue weighted by molar-refractivity contribution is 6.09. The van der Waals surface area contributed by atoms with Crippen LogP contribution >= 0.6 is 0 Å². The number of alkyl halides is 3. The van der Waals surface area contributed by atoms with Crippen LogP contribution in [-0.4, -0.2) is 39.0 Å². The van der Waals surface area contributed by atoms with E-state index in [0.29, 0.717) is 11.5 Å². The third kappa shape index (κ3) is 5.09. The van der Waals surface area contributed by atoms with Gasteiger partial charge < -0.3 is 10.1 Å². The minimum absolute atomic E-state index is 0.0744. The maximum absolute atomic E-state index is 13.5. The van der Waals surface area contributed by atoms with E-state index in [2.05, 4.69) is 10.4 Å². The molecule has 1 aliphatic rings. The highest BCUT2D eigenvalue weighted by Crippen LogP contribution is 2.33. The summed E-state index contributed by atoms with van der Waals surface area (Å²) in [6, 6.07) is 10.1. The number of hydrogen-bond donors (Lipinski definition) is 1. The van der Waals surface area contributed by atoms with Crippen LogP contribution in [0.2, 0.25) is 0 Å². The van der Waals surface area contributed by atoms with E-state index < -0.39 is 29.6 Å². The molecule has 0 aliphatic carbocycles. The number of halogens is 3. The van der Waals surface area contributed by atoms with Crippen LogP contribution in [0.4, 0.5) is 24.5 Å². The predicted octanol–water partition coefficient (Wildman–Crippen LogP) is 5.58. The summed E-state index contributed by atoms with van der Waals surface area (Å²) in [4.78, 5) is 26.3. The topological polar surface area (TPSA) is 100 Å². The van der Waals surface area contributed by atoms with Gasteiger partial charge >= 0.3 is 12.1 Å². The van der Waals surface area contributed by atoms with E-state index in [9.17, 15) is 28.0 Å². The minimum atomic E-state index is -4.50. The molecule has 0 unspecified atom stereocenters. The van der Waals surface area contributed by atoms with E-state index in [1.54, 1.807) is 13.8 Å². The second-order valence-corrected chi connectivity index (χ2v) is 7.83. The van der Waals surface area contributed by atoms with Crippen molar-refractivity contribution in [3.63, 3.8) is 0 Å². The first-order chi connectivity index (χ1) is 17.6. The number of ether oxygens (including phenoxy) is 1. The Morgan fingerprint density at radius 3 is 2.41 bits per heavy atom. The van der Waals surface area contributed by atoms with Crippen molar-refractivity contribution in [3.8, 4) is 11.8 Å². The molecule has 2 heterocycles. The Kier molecular flexibility index (Phi) is 7.81. The Labute approximate surface area is 211 Å². The first-order valence-corrected chi connectivity index (χ1v) is 11.4. The number of nitriles is 1. The number of carbonyl (C=O) groups excluding carboxylic acids is 2. The van der Waals surface area contributed by atoms with Gasteiger partial charge in [0.15, 0.2) is 5.71 Å². The molecule has 192 valence electrons. The van der Waals surface area contributed by atoms with Crippen LogP contribution < -0.4 is 10.1 Å². The normalized spacial score (nSPS) is 14.8. The lowest BCUT2D eigenvalue weighted by molar-refractivity contribution is -0.342. The Morgan fingerprint density at radius 1 is 1.19 bits per heavy atom. The maximum atomic E-state index is 13.5. The first kappa shape index (κ1) is 27.1. The van der Waals surface area contributed by atoms with E-state index in [4.69, 9.17) is 4.74 Å². The molecule has 3 aromatic rings. The quantitative estimate of drug-likeness (QED) is 0.460. The molecule has 0 saturated heterocycles. The molecule has 1 aliphatic heterocycles. The molecule has 0 bridgehead atoms. The van der Waals surface area contributed by atoms with Crippen molar-refractivity contribution in [2.24, 2.45) is 0 Å². The fourth-order valence-corrected chi connectivity index (χ4v) is 3.84. The number of nitrogens with zero attached hydrogens (tertiary/aromatic N) is 4. The van der Waals surface area contributed by atoms with Crippen molar-refractivity contribution in [3.05, 3.63) is 71.0 Å². The van der Waals surface area contributed by atoms with E-state index in [0.717, 1.165) is 12.1 Å². The summed E-state index contributed by atoms with van der Waals surface area (Å²) in [5, 5.41) is 16.1. The number of methoxy groups -OCH3 is 1. The van der Waals surface area contributed by atoms with Crippen LogP contribution in [0.3, 0.4) is 0 Å². The summed E-state index contributed by atoms with van der Waals surface area (Å²) in [5.41, 5.74) is 0.520. The highest BCUT2D eigenvalue weighted by atomic mass is 19.4. The molecule has 1 atom stereocenters. The standard InChI is InChI=1S/C24H18F3N5O3.C2H6/c1-13-14(2)32-21(23(34)31(13)18-7-5-17(6-8-18)24(25,26)27)19(12-29-32)30-22(33)15-4-9-20(35-3)16(10-15)11-28;1-2/h4-10,12,14H,1-3H3;1-2H3/p+1/t14-;/m0./s1. The fraction of sp³-hybridized carbons (Fsp3) is 0.269. The van der Waals surface area contributed by atoms with Gasteiger partial charge in [0.2, 0.25) is 11.4 Å². The average molecular weight is 513 g/mol. The second-order valence-electron chi connectivity index (χ2n) is 7.83. The maximum Gasteiger partial charge on any atom is 0.445 e. The molecule has 4 rings (SSSR count). The minimum Gasteiger partial charge on any atom is -0.495 e. The van der Waals surface area contributed by atoms with Crippen LogP contribution in [0.1, 0.15) is 65.7 Å². The largest absolute Gasteiger partial charge is 0.495 e. The molecule has 1 aromatic heterocycles. The van der Waals surface area contributed by atoms with Crippen molar-refractivity contribution in [1.29, 1.82) is 5.26 Å². The molecule has 1 N–H and O–H groups in total. The molecule has 2 amide bonds. The summed E-state index contributed by atoms with van der Waals surface area (Å²) in [6.45, 7) is 7.47. The Bertz CT molecular complexity index is 1420. The van der Waals surface area contributed by atoms with Crippen LogP contribution in [0.25, 0.3) is 0 Å². The van der Waals surface area contributed by atoms with Gasteiger partial charge in [0.1, 0.15) is 17.9 Å². The SMILES string of the molecule is CC.COc1ccc(C(=O)Nc2cnn3c2C(=O)[N+](c2ccc(C(F)(F)F)cc2)=C(C)[C@@H]3C)cc1C#N. The average Bonchev–Trinajstić information content (AvgIpc) is 3.32. The number of anilines is 1. The molecule has 0 spiro atoms. The molecule has 11 heteroatoms. The summed E-state index contributed by atoms with van der Waals surface area (Å²) in [5.74, 6) is -0.817. The summed E-state index contributed by atoms with van der Waals surface area (Å²) in [7, 11) is 1.41. The van der Waals surface area contributed by atoms with Gasteiger partial charge in [-0.15, -0.1) is 4.58 Å². The van der Waals surface area contributed by atoms with E-state index in [-0.39, 0.29) is 28.2 Å². The number of benzene rings is 2. The molecule has 8 nitrogen and oxygen atoms in total. The van der Waals surface area contributed by atoms with Crippen molar-refractivity contribution in [2.45, 2.75) is 39.9 Å². The molecular weight excluding hydrogens is 487 g/mol. The van der Waals surface area contributed by atoms with E-state index in [1.807, 2.05) is 19.9 Å². The zero-order valence-electron chi connectivity index (χ0n) is 20.8. The number of fused-ring (bicyclic) bond motifs is 1. The lowest BCUT2D eigenvalue weighted by Gasteiger charge is -2.19. The number of aromatic nitrogens is 2. The molecule has 0 radical (unpaired) electrons. The third-order valence-corrected chi connectivity index (χ3v) is 5.81. The van der Waals surface area contributed by atoms with Crippen LogP contribution in [-0.2, 0) is 6.18 Å². The van der Waals surface area contributed by atoms with Crippen molar-refractivity contribution < 1.29 is 32.1 Å². The van der Waals surface area contributed by atoms with Crippen LogP contribution in [0.5, 0.6) is 5.75 Å². The molecule has 0 fully saturated rings. The Hall–Kier alpha value is -4.46. The summed E-state index contributed by atoms with van der Waals surface area (Å²) < 4.78 is 46.8. The van der Waals surface area contributed by atoms with Gasteiger partial charge in [-0.05, 0) is 37.3 Å². The summed E-state index contributed by atoms with van der Waals surface area (Å²) in [6.07, 6.45) is -3.17. The van der Waals surface area contributed by atoms with Crippen molar-refractivity contribution in [2.75, 3.05) is 12.4 Å². The smallest absolute Gasteiger partial charge is 0.445 e. The second kappa shape index (κ2) is 10.7. The van der Waals surface area contributed by atoms with Gasteiger partial charge in [-0.2, -0.15) is 23.5 Å². The molecule has 0 saturated carbocycles. The van der Waals surface area contributed by atoms with Gasteiger partial charge in [0.05, 0.1) is 30.1 Å². The van der Waals surface area contributed by atoms with Gasteiger partial charge in [0.25, 0.3) is 5.91 Å². The predicted molar refractivity (Wildman–Crippen MR) is 130 cm³/mol. The number of carbonyl (C=O) groups is 2. The van der Waals surface area contributed by atoms with Crippen molar-refractivity contribution in [1.82, 2.24) is 9.78 Å². The molecular formula is C26H25F3N5O3+. The number of rotatable bonds is 4. The lowest BCUT2D eigenvalue weighted by Crippen LogP contribution is -2.37. The zero-order chi connectivity index (χ0) is 27.5. The fourth-order valence-electron chi connectivity index (χ4n) is 3.84. The highest BCUT2D eigenvalue weighted by Gasteiger charge is 2.41. The van der Waals surface area contributed by atoms with Gasteiger partial charge in [0, 0.05) is 24.6 Å². The van der Waals surface area contributed by atoms with Crippen LogP contribution in [0.15, 0.2) is 48.7 Å². The zero-order valence-corrected chi connectivity index (χ0v) is 20.8. The number of amides is 2. The third-order valence-electron chi connectivity index (χ3n) is 5.81. The van der Waals surface area contributed by atoms with Crippen LogP contribution in [0, 0.1) is 11.3 Å². The molecule has 2 aromatic carbocycles. The number of nitrogens with one attached hydrogen (secondary N) is 1. The Morgan fingerprint density at radius 2 is 1.84 bits per heavy atom. The lowest BCUT2D eigenvalue weighted by atomic mass is 10.1. The van der Waals surface area contributed by atoms with E-state index >= 15 is 0 Å². The van der Waals surface area contributed by atoms with Crippen molar-refractivity contribution >= 4 is 28.9 Å². The monoisotopic (exact) mass is 512 g/mol. The molecule has 37 heavy (non-hydrogen) atoms. The van der Waals surface area contributed by atoms with E-state index in [1.165, 1.54) is 52.9 Å². The number of hydrogen-bond acceptors (Lipinski definition) is 5. The first-order valence-electron chi connectivity index (χ1n) is 11.4. The Balaban J connectivity index is 0.00000186. The van der Waals surface area contributed by atoms with Gasteiger partial charge in [-0.1, -0.05) is 13.8 Å². The van der Waals surface area contributed by atoms with Gasteiger partial charge in [-0.25, -0.2) is 9.48 Å². The summed E-state index contributed by atoms with van der Waals surface area (Å²) >= 11 is 0.